The molecule has 0 spiro atoms. The van der Waals surface area contributed by atoms with E-state index >= 15 is 0 Å². The first-order valence-corrected chi connectivity index (χ1v) is 18.0. The van der Waals surface area contributed by atoms with Crippen LogP contribution in [0.4, 0.5) is 0 Å². The molecule has 0 radical (unpaired) electrons. The number of rotatable bonds is 3. The molecule has 236 valence electrons. The van der Waals surface area contributed by atoms with Gasteiger partial charge in [0, 0.05) is 53.0 Å². The molecule has 4 heteroatoms. The van der Waals surface area contributed by atoms with Crippen molar-refractivity contribution in [1.29, 1.82) is 0 Å². The predicted octanol–water partition coefficient (Wildman–Crippen LogP) is 13.0. The Bertz CT molecular complexity index is 3200. The molecule has 0 bridgehead atoms. The summed E-state index contributed by atoms with van der Waals surface area (Å²) in [6.45, 7) is 0. The fraction of sp³-hybridized carbons (Fsp3) is 0. The minimum absolute atomic E-state index is 0.907. The lowest BCUT2D eigenvalue weighted by Gasteiger charge is -2.14. The third-order valence-corrected chi connectivity index (χ3v) is 11.4. The summed E-state index contributed by atoms with van der Waals surface area (Å²) in [4.78, 5) is 15.8. The molecule has 0 unspecified atom stereocenters. The zero-order chi connectivity index (χ0) is 33.5. The van der Waals surface area contributed by atoms with Crippen LogP contribution in [0.5, 0.6) is 0 Å². The molecule has 51 heavy (non-hydrogen) atoms. The van der Waals surface area contributed by atoms with Gasteiger partial charge >= 0.3 is 0 Å². The second-order valence-corrected chi connectivity index (χ2v) is 14.3. The maximum atomic E-state index is 5.35. The first kappa shape index (κ1) is 28.4. The Morgan fingerprint density at radius 2 is 0.941 bits per heavy atom. The Hall–Kier alpha value is -6.49. The van der Waals surface area contributed by atoms with E-state index in [1.807, 2.05) is 17.4 Å². The summed E-state index contributed by atoms with van der Waals surface area (Å²) in [6, 6.07) is 58.3. The highest BCUT2D eigenvalue weighted by molar-refractivity contribution is 7.26. The highest BCUT2D eigenvalue weighted by Crippen LogP contribution is 2.41. The van der Waals surface area contributed by atoms with E-state index in [0.29, 0.717) is 0 Å². The molecule has 0 saturated heterocycles. The lowest BCUT2D eigenvalue weighted by Crippen LogP contribution is -1.93. The number of benzene rings is 7. The quantitative estimate of drug-likeness (QED) is 0.139. The van der Waals surface area contributed by atoms with Gasteiger partial charge in [0.05, 0.1) is 33.6 Å². The molecule has 0 atom stereocenters. The van der Waals surface area contributed by atoms with Gasteiger partial charge in [0.15, 0.2) is 0 Å². The van der Waals surface area contributed by atoms with E-state index in [1.165, 1.54) is 36.3 Å². The molecule has 0 N–H and O–H groups in total. The Balaban J connectivity index is 1.12. The summed E-state index contributed by atoms with van der Waals surface area (Å²) in [5, 5.41) is 10.6. The van der Waals surface area contributed by atoms with Crippen LogP contribution in [0, 0.1) is 0 Å². The second-order valence-electron chi connectivity index (χ2n) is 13.2. The van der Waals surface area contributed by atoms with Gasteiger partial charge < -0.3 is 0 Å². The number of thiophene rings is 1. The molecule has 0 saturated carbocycles. The van der Waals surface area contributed by atoms with Crippen LogP contribution in [-0.2, 0) is 0 Å². The molecule has 0 fully saturated rings. The smallest absolute Gasteiger partial charge is 0.0972 e. The van der Waals surface area contributed by atoms with Gasteiger partial charge in [-0.3, -0.25) is 0 Å². The van der Waals surface area contributed by atoms with Crippen LogP contribution in [0.3, 0.4) is 0 Å². The van der Waals surface area contributed by atoms with Gasteiger partial charge in [0.2, 0.25) is 0 Å². The van der Waals surface area contributed by atoms with Gasteiger partial charge in [-0.15, -0.1) is 11.3 Å². The zero-order valence-corrected chi connectivity index (χ0v) is 28.2. The summed E-state index contributed by atoms with van der Waals surface area (Å²) in [5.41, 5.74) is 8.94. The van der Waals surface area contributed by atoms with E-state index in [9.17, 15) is 0 Å². The summed E-state index contributed by atoms with van der Waals surface area (Å²) < 4.78 is 2.60. The van der Waals surface area contributed by atoms with Crippen LogP contribution in [-0.4, -0.2) is 15.0 Å². The topological polar surface area (TPSA) is 38.7 Å². The highest BCUT2D eigenvalue weighted by atomic mass is 32.1. The van der Waals surface area contributed by atoms with Crippen LogP contribution in [0.2, 0.25) is 0 Å². The largest absolute Gasteiger partial charge is 0.248 e. The third-order valence-electron chi connectivity index (χ3n) is 10.2. The maximum absolute atomic E-state index is 5.35. The summed E-state index contributed by atoms with van der Waals surface area (Å²) in [7, 11) is 0. The van der Waals surface area contributed by atoms with Crippen LogP contribution < -0.4 is 0 Å². The van der Waals surface area contributed by atoms with Crippen molar-refractivity contribution in [2.75, 3.05) is 0 Å². The van der Waals surface area contributed by atoms with E-state index in [1.54, 1.807) is 0 Å². The summed E-state index contributed by atoms with van der Waals surface area (Å²) in [6.07, 6.45) is 0. The number of hydrogen-bond donors (Lipinski definition) is 0. The minimum atomic E-state index is 0.907. The van der Waals surface area contributed by atoms with E-state index < -0.39 is 0 Å². The molecular formula is C47H27N3S. The van der Waals surface area contributed by atoms with Crippen LogP contribution in [0.1, 0.15) is 0 Å². The number of hydrogen-bond acceptors (Lipinski definition) is 4. The number of aromatic nitrogens is 3. The predicted molar refractivity (Wildman–Crippen MR) is 217 cm³/mol. The average Bonchev–Trinajstić information content (AvgIpc) is 3.59. The lowest BCUT2D eigenvalue weighted by molar-refractivity contribution is 1.37. The normalized spacial score (nSPS) is 11.9. The van der Waals surface area contributed by atoms with Gasteiger partial charge in [-0.1, -0.05) is 109 Å². The molecule has 3 nitrogen and oxygen atoms in total. The van der Waals surface area contributed by atoms with Crippen molar-refractivity contribution in [3.63, 3.8) is 0 Å². The van der Waals surface area contributed by atoms with Crippen LogP contribution in [0.15, 0.2) is 164 Å². The molecular weight excluding hydrogens is 639 g/mol. The van der Waals surface area contributed by atoms with Crippen molar-refractivity contribution in [3.8, 4) is 33.8 Å². The van der Waals surface area contributed by atoms with Gasteiger partial charge in [-0.05, 0) is 76.1 Å². The number of fused-ring (bicyclic) bond motifs is 10. The highest BCUT2D eigenvalue weighted by Gasteiger charge is 2.16. The van der Waals surface area contributed by atoms with Gasteiger partial charge in [0.25, 0.3) is 0 Å². The Morgan fingerprint density at radius 1 is 0.353 bits per heavy atom. The molecule has 4 heterocycles. The van der Waals surface area contributed by atoms with Gasteiger partial charge in [0.1, 0.15) is 0 Å². The zero-order valence-electron chi connectivity index (χ0n) is 27.3. The van der Waals surface area contributed by atoms with Crippen molar-refractivity contribution in [3.05, 3.63) is 164 Å². The van der Waals surface area contributed by atoms with Gasteiger partial charge in [-0.25, -0.2) is 15.0 Å². The SMILES string of the molecule is c1ccc(-c2ccc3ccc4ccc(-c5ccc(-c6ccc7c(ccc8sc9ccccc9c87)n6)c6cc7ccccc7cc56)nc4c3n2)cc1. The molecule has 11 aromatic rings. The van der Waals surface area contributed by atoms with E-state index in [0.717, 1.165) is 71.9 Å². The lowest BCUT2D eigenvalue weighted by atomic mass is 9.92. The molecule has 11 rings (SSSR count). The van der Waals surface area contributed by atoms with Crippen molar-refractivity contribution >= 4 is 85.8 Å². The van der Waals surface area contributed by atoms with Crippen molar-refractivity contribution < 1.29 is 0 Å². The van der Waals surface area contributed by atoms with Gasteiger partial charge in [-0.2, -0.15) is 0 Å². The first-order chi connectivity index (χ1) is 25.2. The van der Waals surface area contributed by atoms with Crippen LogP contribution >= 0.6 is 11.3 Å². The molecule has 0 amide bonds. The Morgan fingerprint density at radius 3 is 1.69 bits per heavy atom. The monoisotopic (exact) mass is 665 g/mol. The van der Waals surface area contributed by atoms with E-state index in [4.69, 9.17) is 15.0 Å². The maximum Gasteiger partial charge on any atom is 0.0972 e. The van der Waals surface area contributed by atoms with Crippen LogP contribution in [0.25, 0.3) is 108 Å². The number of pyridine rings is 3. The fourth-order valence-electron chi connectivity index (χ4n) is 7.74. The van der Waals surface area contributed by atoms with Crippen molar-refractivity contribution in [2.45, 2.75) is 0 Å². The molecule has 4 aromatic heterocycles. The summed E-state index contributed by atoms with van der Waals surface area (Å²) in [5.74, 6) is 0. The van der Waals surface area contributed by atoms with E-state index in [-0.39, 0.29) is 0 Å². The fourth-order valence-corrected chi connectivity index (χ4v) is 8.87. The molecule has 0 aliphatic carbocycles. The third kappa shape index (κ3) is 4.47. The molecule has 7 aromatic carbocycles. The molecule has 0 aliphatic heterocycles. The Labute approximate surface area is 297 Å². The van der Waals surface area contributed by atoms with Crippen molar-refractivity contribution in [1.82, 2.24) is 15.0 Å². The number of nitrogens with zero attached hydrogens (tertiary/aromatic N) is 3. The first-order valence-electron chi connectivity index (χ1n) is 17.2. The standard InChI is InChI=1S/C47H27N3S/c1-2-8-28(9-3-1)39-21-16-29-14-15-30-17-22-41(50-47(30)46(29)49-39)34-19-18-33(37-26-31-10-4-5-11-32(31)27-38(34)37)40-23-20-35-42(48-40)24-25-44-45(35)36-12-6-7-13-43(36)51-44/h1-27H. The summed E-state index contributed by atoms with van der Waals surface area (Å²) >= 11 is 1.84. The van der Waals surface area contributed by atoms with Crippen molar-refractivity contribution in [2.24, 2.45) is 0 Å². The minimum Gasteiger partial charge on any atom is -0.248 e. The van der Waals surface area contributed by atoms with E-state index in [2.05, 4.69) is 158 Å². The average molecular weight is 666 g/mol. The Kier molecular flexibility index (Phi) is 6.12. The second kappa shape index (κ2) is 11.0. The molecule has 0 aliphatic rings.